The highest BCUT2D eigenvalue weighted by Gasteiger charge is 2.35. The zero-order chi connectivity index (χ0) is 17.7. The average Bonchev–Trinajstić information content (AvgIpc) is 3.11. The van der Waals surface area contributed by atoms with Gasteiger partial charge in [-0.3, -0.25) is 10.9 Å². The van der Waals surface area contributed by atoms with Crippen LogP contribution in [-0.4, -0.2) is 48.3 Å². The number of nitrogens with zero attached hydrogens (tertiary/aromatic N) is 1. The summed E-state index contributed by atoms with van der Waals surface area (Å²) in [6.45, 7) is 8.23. The fourth-order valence-corrected chi connectivity index (χ4v) is 4.27. The smallest absolute Gasteiger partial charge is 0.0488 e. The molecule has 0 saturated carbocycles. The van der Waals surface area contributed by atoms with E-state index >= 15 is 0 Å². The van der Waals surface area contributed by atoms with Gasteiger partial charge in [-0.05, 0) is 62.1 Å². The number of hydrogen-bond donors (Lipinski definition) is 3. The largest absolute Gasteiger partial charge is 0.396 e. The normalized spacial score (nSPS) is 27.0. The van der Waals surface area contributed by atoms with Crippen molar-refractivity contribution in [3.63, 3.8) is 0 Å². The standard InChI is InChI=1S/C21H35N3O/c1-17(2)20-14-19(22-23-20)15-24-12-10-21(16-25,11-13-24)9-8-18-6-4-3-5-7-18/h3-7,17,19-20,22-23,25H,8-16H2,1-2H3. The van der Waals surface area contributed by atoms with Crippen molar-refractivity contribution in [2.24, 2.45) is 11.3 Å². The van der Waals surface area contributed by atoms with Crippen LogP contribution in [0.2, 0.25) is 0 Å². The molecule has 2 heterocycles. The minimum atomic E-state index is 0.119. The number of hydrogen-bond acceptors (Lipinski definition) is 4. The van der Waals surface area contributed by atoms with E-state index in [9.17, 15) is 5.11 Å². The highest BCUT2D eigenvalue weighted by atomic mass is 16.3. The van der Waals surface area contributed by atoms with Gasteiger partial charge in [0.1, 0.15) is 0 Å². The summed E-state index contributed by atoms with van der Waals surface area (Å²) in [6.07, 6.45) is 5.62. The summed E-state index contributed by atoms with van der Waals surface area (Å²) in [6, 6.07) is 11.8. The van der Waals surface area contributed by atoms with Crippen molar-refractivity contribution in [2.45, 2.75) is 58.0 Å². The Bertz CT molecular complexity index is 511. The van der Waals surface area contributed by atoms with Crippen molar-refractivity contribution >= 4 is 0 Å². The molecule has 2 aliphatic heterocycles. The summed E-state index contributed by atoms with van der Waals surface area (Å²) < 4.78 is 0. The van der Waals surface area contributed by atoms with Gasteiger partial charge in [-0.15, -0.1) is 0 Å². The second-order valence-corrected chi connectivity index (χ2v) is 8.52. The third-order valence-corrected chi connectivity index (χ3v) is 6.33. The van der Waals surface area contributed by atoms with Crippen molar-refractivity contribution in [2.75, 3.05) is 26.2 Å². The van der Waals surface area contributed by atoms with Crippen molar-refractivity contribution in [3.05, 3.63) is 35.9 Å². The van der Waals surface area contributed by atoms with E-state index in [0.717, 1.165) is 45.3 Å². The molecule has 25 heavy (non-hydrogen) atoms. The predicted octanol–water partition coefficient (Wildman–Crippen LogP) is 2.58. The van der Waals surface area contributed by atoms with E-state index in [1.165, 1.54) is 12.0 Å². The summed E-state index contributed by atoms with van der Waals surface area (Å²) in [7, 11) is 0. The number of aliphatic hydroxyl groups is 1. The van der Waals surface area contributed by atoms with E-state index in [-0.39, 0.29) is 5.41 Å². The summed E-state index contributed by atoms with van der Waals surface area (Å²) in [5, 5.41) is 10.0. The third-order valence-electron chi connectivity index (χ3n) is 6.33. The lowest BCUT2D eigenvalue weighted by Crippen LogP contribution is -2.47. The van der Waals surface area contributed by atoms with Crippen molar-refractivity contribution in [3.8, 4) is 0 Å². The van der Waals surface area contributed by atoms with Gasteiger partial charge in [-0.2, -0.15) is 0 Å². The van der Waals surface area contributed by atoms with Crippen LogP contribution in [0.1, 0.15) is 45.1 Å². The molecule has 4 heteroatoms. The van der Waals surface area contributed by atoms with Gasteiger partial charge in [0.05, 0.1) is 0 Å². The molecule has 0 aliphatic carbocycles. The first-order valence-electron chi connectivity index (χ1n) is 9.98. The molecule has 0 amide bonds. The van der Waals surface area contributed by atoms with Crippen LogP contribution in [0.3, 0.4) is 0 Å². The Labute approximate surface area is 153 Å². The molecule has 2 atom stereocenters. The van der Waals surface area contributed by atoms with Crippen molar-refractivity contribution in [1.82, 2.24) is 15.8 Å². The fourth-order valence-electron chi connectivity index (χ4n) is 4.27. The summed E-state index contributed by atoms with van der Waals surface area (Å²) in [5.74, 6) is 0.680. The molecule has 3 rings (SSSR count). The van der Waals surface area contributed by atoms with Gasteiger partial charge >= 0.3 is 0 Å². The zero-order valence-corrected chi connectivity index (χ0v) is 15.9. The minimum Gasteiger partial charge on any atom is -0.396 e. The highest BCUT2D eigenvalue weighted by Crippen LogP contribution is 2.36. The molecule has 2 unspecified atom stereocenters. The number of piperidine rings is 1. The lowest BCUT2D eigenvalue weighted by atomic mass is 9.74. The van der Waals surface area contributed by atoms with Crippen LogP contribution in [-0.2, 0) is 6.42 Å². The second kappa shape index (κ2) is 8.63. The number of benzene rings is 1. The van der Waals surface area contributed by atoms with Crippen LogP contribution in [0.4, 0.5) is 0 Å². The number of rotatable bonds is 7. The Balaban J connectivity index is 1.45. The van der Waals surface area contributed by atoms with E-state index in [1.54, 1.807) is 0 Å². The monoisotopic (exact) mass is 345 g/mol. The van der Waals surface area contributed by atoms with Gasteiger partial charge in [0.25, 0.3) is 0 Å². The molecule has 0 aromatic heterocycles. The van der Waals surface area contributed by atoms with Crippen LogP contribution < -0.4 is 10.9 Å². The molecule has 1 aromatic carbocycles. The molecule has 1 aromatic rings. The maximum atomic E-state index is 10.0. The minimum absolute atomic E-state index is 0.119. The number of aryl methyl sites for hydroxylation is 1. The molecule has 2 saturated heterocycles. The van der Waals surface area contributed by atoms with E-state index in [4.69, 9.17) is 0 Å². The van der Waals surface area contributed by atoms with Crippen molar-refractivity contribution in [1.29, 1.82) is 0 Å². The molecule has 2 aliphatic rings. The van der Waals surface area contributed by atoms with Crippen LogP contribution >= 0.6 is 0 Å². The average molecular weight is 346 g/mol. The Kier molecular flexibility index (Phi) is 6.50. The van der Waals surface area contributed by atoms with Gasteiger partial charge in [-0.25, -0.2) is 0 Å². The quantitative estimate of drug-likeness (QED) is 0.711. The second-order valence-electron chi connectivity index (χ2n) is 8.52. The topological polar surface area (TPSA) is 47.5 Å². The SMILES string of the molecule is CC(C)C1CC(CN2CCC(CO)(CCc3ccccc3)CC2)NN1. The van der Waals surface area contributed by atoms with Crippen LogP contribution in [0, 0.1) is 11.3 Å². The number of nitrogens with one attached hydrogen (secondary N) is 2. The van der Waals surface area contributed by atoms with Crippen molar-refractivity contribution < 1.29 is 5.11 Å². The molecular weight excluding hydrogens is 310 g/mol. The van der Waals surface area contributed by atoms with Crippen LogP contribution in [0.5, 0.6) is 0 Å². The first-order valence-corrected chi connectivity index (χ1v) is 9.98. The molecule has 2 fully saturated rings. The van der Waals surface area contributed by atoms with E-state index in [0.29, 0.717) is 24.6 Å². The van der Waals surface area contributed by atoms with E-state index < -0.39 is 0 Å². The molecule has 140 valence electrons. The van der Waals surface area contributed by atoms with Gasteiger partial charge in [0, 0.05) is 25.2 Å². The number of aliphatic hydroxyl groups excluding tert-OH is 1. The fraction of sp³-hybridized carbons (Fsp3) is 0.714. The summed E-state index contributed by atoms with van der Waals surface area (Å²) in [5.41, 5.74) is 8.43. The third kappa shape index (κ3) is 5.04. The Morgan fingerprint density at radius 2 is 1.88 bits per heavy atom. The lowest BCUT2D eigenvalue weighted by molar-refractivity contribution is 0.0346. The zero-order valence-electron chi connectivity index (χ0n) is 15.9. The lowest BCUT2D eigenvalue weighted by Gasteiger charge is -2.41. The van der Waals surface area contributed by atoms with Gasteiger partial charge in [-0.1, -0.05) is 44.2 Å². The van der Waals surface area contributed by atoms with Gasteiger partial charge in [0.2, 0.25) is 0 Å². The van der Waals surface area contributed by atoms with Crippen LogP contribution in [0.15, 0.2) is 30.3 Å². The first kappa shape index (κ1) is 18.8. The predicted molar refractivity (Wildman–Crippen MR) is 103 cm³/mol. The van der Waals surface area contributed by atoms with Gasteiger partial charge < -0.3 is 10.0 Å². The van der Waals surface area contributed by atoms with Gasteiger partial charge in [0.15, 0.2) is 0 Å². The first-order chi connectivity index (χ1) is 12.1. The van der Waals surface area contributed by atoms with E-state index in [1.807, 2.05) is 0 Å². The number of likely N-dealkylation sites (tertiary alicyclic amines) is 1. The molecule has 0 spiro atoms. The molecular formula is C21H35N3O. The summed E-state index contributed by atoms with van der Waals surface area (Å²) in [4.78, 5) is 2.58. The molecule has 3 N–H and O–H groups in total. The van der Waals surface area contributed by atoms with E-state index in [2.05, 4.69) is 59.9 Å². The summed E-state index contributed by atoms with van der Waals surface area (Å²) >= 11 is 0. The highest BCUT2D eigenvalue weighted by molar-refractivity contribution is 5.15. The number of hydrazine groups is 1. The maximum Gasteiger partial charge on any atom is 0.0488 e. The molecule has 4 nitrogen and oxygen atoms in total. The molecule has 0 bridgehead atoms. The van der Waals surface area contributed by atoms with Crippen LogP contribution in [0.25, 0.3) is 0 Å². The Hall–Kier alpha value is -0.940. The molecule has 0 radical (unpaired) electrons. The Morgan fingerprint density at radius 1 is 1.16 bits per heavy atom. The Morgan fingerprint density at radius 3 is 2.48 bits per heavy atom. The maximum absolute atomic E-state index is 10.0.